The summed E-state index contributed by atoms with van der Waals surface area (Å²) in [6.45, 7) is 0. The maximum absolute atomic E-state index is 12.9. The first-order valence-electron chi connectivity index (χ1n) is 3.18. The molecule has 0 spiro atoms. The van der Waals surface area contributed by atoms with E-state index in [1.165, 1.54) is 0 Å². The molecule has 0 aliphatic heterocycles. The van der Waals surface area contributed by atoms with Crippen molar-refractivity contribution in [3.8, 4) is 6.07 Å². The zero-order valence-corrected chi connectivity index (χ0v) is 7.80. The van der Waals surface area contributed by atoms with Crippen molar-refractivity contribution in [2.45, 2.75) is 0 Å². The van der Waals surface area contributed by atoms with Crippen molar-refractivity contribution in [3.63, 3.8) is 0 Å². The van der Waals surface area contributed by atoms with E-state index in [2.05, 4.69) is 15.9 Å². The minimum absolute atomic E-state index is 0.0139. The summed E-state index contributed by atoms with van der Waals surface area (Å²) in [4.78, 5) is 10.4. The van der Waals surface area contributed by atoms with Crippen LogP contribution in [0.4, 0.5) is 4.39 Å². The number of hydrogen-bond donors (Lipinski definition) is 1. The maximum atomic E-state index is 12.9. The summed E-state index contributed by atoms with van der Waals surface area (Å²) in [6, 6.07) is 3.64. The Kier molecular flexibility index (Phi) is 2.63. The van der Waals surface area contributed by atoms with Crippen LogP contribution < -0.4 is 0 Å². The first kappa shape index (κ1) is 9.68. The zero-order chi connectivity index (χ0) is 10.0. The maximum Gasteiger partial charge on any atom is 0.335 e. The number of carbonyl (C=O) groups is 1. The van der Waals surface area contributed by atoms with Gasteiger partial charge in [0.05, 0.1) is 15.6 Å². The average Bonchev–Trinajstić information content (AvgIpc) is 2.09. The van der Waals surface area contributed by atoms with E-state index >= 15 is 0 Å². The highest BCUT2D eigenvalue weighted by Gasteiger charge is 2.11. The van der Waals surface area contributed by atoms with Crippen molar-refractivity contribution in [1.29, 1.82) is 5.26 Å². The van der Waals surface area contributed by atoms with E-state index in [-0.39, 0.29) is 15.6 Å². The van der Waals surface area contributed by atoms with Crippen LogP contribution in [-0.2, 0) is 0 Å². The van der Waals surface area contributed by atoms with Crippen LogP contribution in [0.1, 0.15) is 15.9 Å². The Labute approximate surface area is 81.5 Å². The van der Waals surface area contributed by atoms with Crippen LogP contribution in [0, 0.1) is 17.1 Å². The molecule has 0 unspecified atom stereocenters. The van der Waals surface area contributed by atoms with Crippen LogP contribution in [0.25, 0.3) is 0 Å². The van der Waals surface area contributed by atoms with Crippen molar-refractivity contribution in [2.75, 3.05) is 0 Å². The molecule has 1 aromatic rings. The van der Waals surface area contributed by atoms with Gasteiger partial charge in [0.25, 0.3) is 0 Å². The normalized spacial score (nSPS) is 9.31. The standard InChI is InChI=1S/C8H3BrFNO2/c9-7-5(3-11)1-4(8(12)13)2-6(7)10/h1-2H,(H,12,13). The molecule has 0 radical (unpaired) electrons. The third-order valence-corrected chi connectivity index (χ3v) is 2.20. The molecule has 0 aliphatic carbocycles. The Balaban J connectivity index is 3.41. The minimum Gasteiger partial charge on any atom is -0.478 e. The summed E-state index contributed by atoms with van der Waals surface area (Å²) >= 11 is 2.83. The van der Waals surface area contributed by atoms with Gasteiger partial charge in [0, 0.05) is 0 Å². The molecule has 0 fully saturated rings. The molecular weight excluding hydrogens is 241 g/mol. The second kappa shape index (κ2) is 3.54. The van der Waals surface area contributed by atoms with Crippen molar-refractivity contribution < 1.29 is 14.3 Å². The summed E-state index contributed by atoms with van der Waals surface area (Å²) < 4.78 is 12.9. The molecule has 0 saturated carbocycles. The fourth-order valence-electron chi connectivity index (χ4n) is 0.794. The fourth-order valence-corrected chi connectivity index (χ4v) is 1.11. The highest BCUT2D eigenvalue weighted by Crippen LogP contribution is 2.21. The van der Waals surface area contributed by atoms with Crippen molar-refractivity contribution in [2.24, 2.45) is 0 Å². The largest absolute Gasteiger partial charge is 0.478 e. The number of carboxylic acids is 1. The molecule has 0 atom stereocenters. The molecule has 66 valence electrons. The smallest absolute Gasteiger partial charge is 0.335 e. The minimum atomic E-state index is -1.26. The molecule has 1 aromatic carbocycles. The van der Waals surface area contributed by atoms with Crippen LogP contribution in [0.2, 0.25) is 0 Å². The lowest BCUT2D eigenvalue weighted by Crippen LogP contribution is -1.98. The number of benzene rings is 1. The number of hydrogen-bond acceptors (Lipinski definition) is 2. The Bertz CT molecular complexity index is 411. The van der Waals surface area contributed by atoms with Crippen molar-refractivity contribution >= 4 is 21.9 Å². The number of halogens is 2. The first-order chi connectivity index (χ1) is 6.06. The van der Waals surface area contributed by atoms with Crippen LogP contribution in [0.15, 0.2) is 16.6 Å². The van der Waals surface area contributed by atoms with E-state index < -0.39 is 11.8 Å². The van der Waals surface area contributed by atoms with Gasteiger partial charge in [-0.1, -0.05) is 0 Å². The summed E-state index contributed by atoms with van der Waals surface area (Å²) in [5.41, 5.74) is -0.269. The van der Waals surface area contributed by atoms with Crippen molar-refractivity contribution in [1.82, 2.24) is 0 Å². The molecule has 0 saturated heterocycles. The lowest BCUT2D eigenvalue weighted by Gasteiger charge is -1.99. The van der Waals surface area contributed by atoms with Gasteiger partial charge in [-0.2, -0.15) is 5.26 Å². The van der Waals surface area contributed by atoms with Gasteiger partial charge in [0.1, 0.15) is 11.9 Å². The number of aromatic carboxylic acids is 1. The zero-order valence-electron chi connectivity index (χ0n) is 6.21. The number of nitriles is 1. The summed E-state index contributed by atoms with van der Waals surface area (Å²) in [7, 11) is 0. The highest BCUT2D eigenvalue weighted by molar-refractivity contribution is 9.10. The Morgan fingerprint density at radius 3 is 2.69 bits per heavy atom. The third kappa shape index (κ3) is 1.84. The molecule has 0 heterocycles. The third-order valence-electron chi connectivity index (χ3n) is 1.40. The van der Waals surface area contributed by atoms with E-state index in [1.54, 1.807) is 6.07 Å². The predicted molar refractivity (Wildman–Crippen MR) is 45.8 cm³/mol. The van der Waals surface area contributed by atoms with Gasteiger partial charge >= 0.3 is 5.97 Å². The number of carboxylic acid groups (broad SMARTS) is 1. The SMILES string of the molecule is N#Cc1cc(C(=O)O)cc(F)c1Br. The molecule has 1 rings (SSSR count). The second-order valence-corrected chi connectivity index (χ2v) is 3.03. The predicted octanol–water partition coefficient (Wildman–Crippen LogP) is 2.16. The van der Waals surface area contributed by atoms with Gasteiger partial charge < -0.3 is 5.11 Å². The first-order valence-corrected chi connectivity index (χ1v) is 3.98. The molecule has 0 amide bonds. The molecule has 0 bridgehead atoms. The summed E-state index contributed by atoms with van der Waals surface area (Å²) in [5.74, 6) is -2.01. The lowest BCUT2D eigenvalue weighted by atomic mass is 10.1. The Hall–Kier alpha value is -1.41. The molecule has 0 aliphatic rings. The van der Waals surface area contributed by atoms with E-state index in [4.69, 9.17) is 10.4 Å². The molecule has 5 heteroatoms. The highest BCUT2D eigenvalue weighted by atomic mass is 79.9. The van der Waals surface area contributed by atoms with Gasteiger partial charge in [0.15, 0.2) is 0 Å². The van der Waals surface area contributed by atoms with Gasteiger partial charge in [-0.25, -0.2) is 9.18 Å². The van der Waals surface area contributed by atoms with Crippen LogP contribution in [-0.4, -0.2) is 11.1 Å². The van der Waals surface area contributed by atoms with Gasteiger partial charge in [-0.15, -0.1) is 0 Å². The quantitative estimate of drug-likeness (QED) is 0.823. The Morgan fingerprint density at radius 2 is 2.23 bits per heavy atom. The van der Waals surface area contributed by atoms with Crippen molar-refractivity contribution in [3.05, 3.63) is 33.5 Å². The van der Waals surface area contributed by atoms with Crippen LogP contribution in [0.5, 0.6) is 0 Å². The van der Waals surface area contributed by atoms with E-state index in [0.29, 0.717) is 0 Å². The number of nitrogens with zero attached hydrogens (tertiary/aromatic N) is 1. The van der Waals surface area contributed by atoms with E-state index in [0.717, 1.165) is 12.1 Å². The molecule has 1 N–H and O–H groups in total. The summed E-state index contributed by atoms with van der Waals surface area (Å²) in [6.07, 6.45) is 0. The molecule has 0 aromatic heterocycles. The fraction of sp³-hybridized carbons (Fsp3) is 0. The number of rotatable bonds is 1. The molecule has 13 heavy (non-hydrogen) atoms. The van der Waals surface area contributed by atoms with E-state index in [1.807, 2.05) is 0 Å². The van der Waals surface area contributed by atoms with E-state index in [9.17, 15) is 9.18 Å². The van der Waals surface area contributed by atoms with Gasteiger partial charge in [-0.3, -0.25) is 0 Å². The molecule has 3 nitrogen and oxygen atoms in total. The topological polar surface area (TPSA) is 61.1 Å². The second-order valence-electron chi connectivity index (χ2n) is 2.24. The van der Waals surface area contributed by atoms with Crippen LogP contribution in [0.3, 0.4) is 0 Å². The molecular formula is C8H3BrFNO2. The van der Waals surface area contributed by atoms with Gasteiger partial charge in [0.2, 0.25) is 0 Å². The monoisotopic (exact) mass is 243 g/mol. The average molecular weight is 244 g/mol. The van der Waals surface area contributed by atoms with Crippen LogP contribution >= 0.6 is 15.9 Å². The summed E-state index contributed by atoms with van der Waals surface area (Å²) in [5, 5.41) is 17.0. The lowest BCUT2D eigenvalue weighted by molar-refractivity contribution is 0.0696. The van der Waals surface area contributed by atoms with Gasteiger partial charge in [-0.05, 0) is 28.1 Å². The Morgan fingerprint density at radius 1 is 1.62 bits per heavy atom.